The fourth-order valence-electron chi connectivity index (χ4n) is 2.88. The lowest BCUT2D eigenvalue weighted by Gasteiger charge is -2.34. The molecule has 1 amide bonds. The van der Waals surface area contributed by atoms with Crippen molar-refractivity contribution in [3.63, 3.8) is 0 Å². The smallest absolute Gasteiger partial charge is 0.410 e. The highest BCUT2D eigenvalue weighted by molar-refractivity contribution is 5.69. The van der Waals surface area contributed by atoms with E-state index in [1.165, 1.54) is 11.8 Å². The van der Waals surface area contributed by atoms with Gasteiger partial charge in [0, 0.05) is 12.7 Å². The summed E-state index contributed by atoms with van der Waals surface area (Å²) < 4.78 is 17.4. The number of ether oxygens (including phenoxy) is 3. The summed E-state index contributed by atoms with van der Waals surface area (Å²) >= 11 is 0. The van der Waals surface area contributed by atoms with Crippen LogP contribution in [0.4, 0.5) is 16.3 Å². The highest BCUT2D eigenvalue weighted by atomic mass is 16.6. The van der Waals surface area contributed by atoms with E-state index in [1.807, 2.05) is 39.0 Å². The number of morpholine rings is 1. The number of amides is 1. The van der Waals surface area contributed by atoms with Crippen LogP contribution < -0.4 is 5.32 Å². The van der Waals surface area contributed by atoms with E-state index in [4.69, 9.17) is 9.47 Å². The summed E-state index contributed by atoms with van der Waals surface area (Å²) in [6.07, 6.45) is 2.57. The molecular formula is C20H27N5O5. The van der Waals surface area contributed by atoms with Gasteiger partial charge in [-0.1, -0.05) is 6.07 Å². The van der Waals surface area contributed by atoms with Crippen LogP contribution in [0.2, 0.25) is 0 Å². The highest BCUT2D eigenvalue weighted by Gasteiger charge is 2.29. The van der Waals surface area contributed by atoms with Crippen LogP contribution >= 0.6 is 0 Å². The highest BCUT2D eigenvalue weighted by Crippen LogP contribution is 2.24. The van der Waals surface area contributed by atoms with Crippen LogP contribution in [0.5, 0.6) is 0 Å². The Labute approximate surface area is 175 Å². The Hall–Kier alpha value is -3.14. The number of hydrogen-bond acceptors (Lipinski definition) is 8. The van der Waals surface area contributed by atoms with Crippen molar-refractivity contribution in [3.8, 4) is 0 Å². The second-order valence-corrected chi connectivity index (χ2v) is 7.86. The van der Waals surface area contributed by atoms with Crippen molar-refractivity contribution >= 4 is 23.6 Å². The van der Waals surface area contributed by atoms with Gasteiger partial charge in [0.2, 0.25) is 0 Å². The average Bonchev–Trinajstić information content (AvgIpc) is 3.13. The molecule has 1 saturated heterocycles. The first-order valence-corrected chi connectivity index (χ1v) is 9.66. The summed E-state index contributed by atoms with van der Waals surface area (Å²) in [5.74, 6) is 0.219. The maximum absolute atomic E-state index is 12.4. The number of pyridine rings is 1. The predicted molar refractivity (Wildman–Crippen MR) is 108 cm³/mol. The molecule has 10 nitrogen and oxygen atoms in total. The molecule has 0 spiro atoms. The van der Waals surface area contributed by atoms with Gasteiger partial charge >= 0.3 is 12.1 Å². The van der Waals surface area contributed by atoms with Crippen molar-refractivity contribution < 1.29 is 23.8 Å². The number of methoxy groups -OCH3 is 1. The molecule has 162 valence electrons. The van der Waals surface area contributed by atoms with E-state index in [0.717, 1.165) is 0 Å². The Bertz CT molecular complexity index is 892. The van der Waals surface area contributed by atoms with Crippen molar-refractivity contribution in [1.29, 1.82) is 0 Å². The summed E-state index contributed by atoms with van der Waals surface area (Å²) in [6.45, 7) is 6.79. The molecule has 3 rings (SSSR count). The molecule has 2 aromatic rings. The van der Waals surface area contributed by atoms with Crippen molar-refractivity contribution in [2.75, 3.05) is 32.1 Å². The van der Waals surface area contributed by atoms with Gasteiger partial charge < -0.3 is 24.4 Å². The van der Waals surface area contributed by atoms with Crippen LogP contribution in [0.3, 0.4) is 0 Å². The summed E-state index contributed by atoms with van der Waals surface area (Å²) in [7, 11) is 1.33. The van der Waals surface area contributed by atoms with Crippen LogP contribution in [0, 0.1) is 0 Å². The predicted octanol–water partition coefficient (Wildman–Crippen LogP) is 2.50. The number of aromatic nitrogens is 3. The Morgan fingerprint density at radius 2 is 2.13 bits per heavy atom. The molecule has 1 unspecified atom stereocenters. The minimum atomic E-state index is -0.550. The zero-order valence-corrected chi connectivity index (χ0v) is 17.6. The van der Waals surface area contributed by atoms with Gasteiger partial charge in [-0.05, 0) is 32.9 Å². The van der Waals surface area contributed by atoms with E-state index in [-0.39, 0.29) is 24.7 Å². The number of anilines is 2. The van der Waals surface area contributed by atoms with Crippen molar-refractivity contribution in [2.45, 2.75) is 39.0 Å². The van der Waals surface area contributed by atoms with Gasteiger partial charge in [0.05, 0.1) is 37.8 Å². The van der Waals surface area contributed by atoms with Crippen LogP contribution in [-0.4, -0.2) is 64.1 Å². The summed E-state index contributed by atoms with van der Waals surface area (Å²) in [4.78, 5) is 30.0. The molecule has 0 radical (unpaired) electrons. The molecule has 30 heavy (non-hydrogen) atoms. The lowest BCUT2D eigenvalue weighted by Crippen LogP contribution is -2.44. The van der Waals surface area contributed by atoms with Gasteiger partial charge in [-0.25, -0.2) is 9.78 Å². The Morgan fingerprint density at radius 1 is 1.33 bits per heavy atom. The van der Waals surface area contributed by atoms with E-state index < -0.39 is 5.60 Å². The van der Waals surface area contributed by atoms with E-state index in [1.54, 1.807) is 17.3 Å². The minimum absolute atomic E-state index is 0.0298. The van der Waals surface area contributed by atoms with Crippen LogP contribution in [-0.2, 0) is 25.5 Å². The van der Waals surface area contributed by atoms with Crippen molar-refractivity contribution in [1.82, 2.24) is 19.7 Å². The normalized spacial score (nSPS) is 16.8. The fraction of sp³-hybridized carbons (Fsp3) is 0.500. The maximum Gasteiger partial charge on any atom is 0.410 e. The monoisotopic (exact) mass is 417 g/mol. The molecule has 1 atom stereocenters. The zero-order chi connectivity index (χ0) is 21.7. The molecule has 0 saturated carbocycles. The van der Waals surface area contributed by atoms with Gasteiger partial charge in [-0.3, -0.25) is 9.48 Å². The summed E-state index contributed by atoms with van der Waals surface area (Å²) in [5.41, 5.74) is 0.837. The van der Waals surface area contributed by atoms with E-state index in [0.29, 0.717) is 36.9 Å². The minimum Gasteiger partial charge on any atom is -0.468 e. The first-order valence-electron chi connectivity index (χ1n) is 9.66. The number of carbonyl (C=O) groups is 2. The molecule has 3 heterocycles. The van der Waals surface area contributed by atoms with Gasteiger partial charge in [-0.2, -0.15) is 5.10 Å². The number of carbonyl (C=O) groups excluding carboxylic acids is 2. The largest absolute Gasteiger partial charge is 0.468 e. The summed E-state index contributed by atoms with van der Waals surface area (Å²) in [6, 6.07) is 5.53. The van der Waals surface area contributed by atoms with Crippen LogP contribution in [0.1, 0.15) is 32.6 Å². The summed E-state index contributed by atoms with van der Waals surface area (Å²) in [5, 5.41) is 7.27. The first-order chi connectivity index (χ1) is 14.2. The third-order valence-corrected chi connectivity index (χ3v) is 4.24. The number of hydrogen-bond donors (Lipinski definition) is 1. The average molecular weight is 417 g/mol. The van der Waals surface area contributed by atoms with Crippen LogP contribution in [0.15, 0.2) is 30.6 Å². The zero-order valence-electron chi connectivity index (χ0n) is 17.6. The Morgan fingerprint density at radius 3 is 2.87 bits per heavy atom. The molecule has 2 aromatic heterocycles. The molecule has 1 aliphatic heterocycles. The lowest BCUT2D eigenvalue weighted by atomic mass is 10.2. The standard InChI is InChI=1S/C20H27N5O5/c1-20(2,3)30-19(27)24-8-9-29-16(12-24)15-6-5-7-17(23-15)22-14-10-21-25(11-14)13-18(26)28-4/h5-7,10-11,16H,8-9,12-13H2,1-4H3,(H,22,23). The van der Waals surface area contributed by atoms with Gasteiger partial charge in [0.1, 0.15) is 24.1 Å². The number of nitrogens with zero attached hydrogens (tertiary/aromatic N) is 4. The van der Waals surface area contributed by atoms with E-state index >= 15 is 0 Å². The molecule has 1 aliphatic rings. The topological polar surface area (TPSA) is 108 Å². The molecule has 10 heteroatoms. The Kier molecular flexibility index (Phi) is 6.56. The second-order valence-electron chi connectivity index (χ2n) is 7.86. The maximum atomic E-state index is 12.4. The van der Waals surface area contributed by atoms with Crippen molar-refractivity contribution in [2.24, 2.45) is 0 Å². The third-order valence-electron chi connectivity index (χ3n) is 4.24. The van der Waals surface area contributed by atoms with E-state index in [9.17, 15) is 9.59 Å². The molecule has 1 N–H and O–H groups in total. The van der Waals surface area contributed by atoms with E-state index in [2.05, 4.69) is 20.1 Å². The number of rotatable bonds is 5. The lowest BCUT2D eigenvalue weighted by molar-refractivity contribution is -0.141. The number of nitrogens with one attached hydrogen (secondary N) is 1. The quantitative estimate of drug-likeness (QED) is 0.740. The van der Waals surface area contributed by atoms with Crippen LogP contribution in [0.25, 0.3) is 0 Å². The fourth-order valence-corrected chi connectivity index (χ4v) is 2.88. The third kappa shape index (κ3) is 5.93. The molecule has 1 fully saturated rings. The number of esters is 1. The molecule has 0 bridgehead atoms. The van der Waals surface area contributed by atoms with Crippen molar-refractivity contribution in [3.05, 3.63) is 36.3 Å². The Balaban J connectivity index is 1.65. The van der Waals surface area contributed by atoms with Gasteiger partial charge in [-0.15, -0.1) is 0 Å². The van der Waals surface area contributed by atoms with Gasteiger partial charge in [0.15, 0.2) is 0 Å². The first kappa shape index (κ1) is 21.6. The molecular weight excluding hydrogens is 390 g/mol. The molecule has 0 aliphatic carbocycles. The van der Waals surface area contributed by atoms with Gasteiger partial charge in [0.25, 0.3) is 0 Å². The SMILES string of the molecule is COC(=O)Cn1cc(Nc2cccc(C3CN(C(=O)OC(C)(C)C)CCO3)n2)cn1. The molecule has 0 aromatic carbocycles. The second kappa shape index (κ2) is 9.12.